The van der Waals surface area contributed by atoms with Crippen LogP contribution in [0, 0.1) is 0 Å². The number of hydrogen-bond donors (Lipinski definition) is 0. The number of likely N-dealkylation sites (tertiary alicyclic amines) is 2. The zero-order valence-electron chi connectivity index (χ0n) is 15.0. The number of hydrogen-bond acceptors (Lipinski definition) is 3. The van der Waals surface area contributed by atoms with Crippen LogP contribution in [0.1, 0.15) is 48.8 Å². The Morgan fingerprint density at radius 2 is 1.67 bits per heavy atom. The molecule has 0 bridgehead atoms. The van der Waals surface area contributed by atoms with Gasteiger partial charge in [0.15, 0.2) is 0 Å². The number of nitrogens with zero attached hydrogens (tertiary/aromatic N) is 2. The molecule has 0 N–H and O–H groups in total. The first-order valence-corrected chi connectivity index (χ1v) is 10.0. The second kappa shape index (κ2) is 7.99. The molecule has 0 unspecified atom stereocenters. The summed E-state index contributed by atoms with van der Waals surface area (Å²) >= 11 is 0. The van der Waals surface area contributed by atoms with Crippen LogP contribution in [0.3, 0.4) is 0 Å². The van der Waals surface area contributed by atoms with E-state index in [1.165, 1.54) is 76.7 Å². The van der Waals surface area contributed by atoms with Crippen LogP contribution in [0.2, 0.25) is 0 Å². The molecular weight excluding hydrogens is 296 g/mol. The minimum Gasteiger partial charge on any atom is -0.377 e. The zero-order valence-corrected chi connectivity index (χ0v) is 15.0. The minimum atomic E-state index is 0.490. The monoisotopic (exact) mass is 328 g/mol. The van der Waals surface area contributed by atoms with Crippen molar-refractivity contribution in [1.29, 1.82) is 0 Å². The predicted molar refractivity (Wildman–Crippen MR) is 98.4 cm³/mol. The summed E-state index contributed by atoms with van der Waals surface area (Å²) in [6.07, 6.45) is 9.56. The Morgan fingerprint density at radius 1 is 0.875 bits per heavy atom. The first-order valence-electron chi connectivity index (χ1n) is 10.0. The van der Waals surface area contributed by atoms with E-state index in [9.17, 15) is 0 Å². The van der Waals surface area contributed by atoms with E-state index < -0.39 is 0 Å². The maximum absolute atomic E-state index is 6.14. The summed E-state index contributed by atoms with van der Waals surface area (Å²) in [7, 11) is 0. The normalized spacial score (nSPS) is 23.0. The molecule has 0 saturated carbocycles. The van der Waals surface area contributed by atoms with Crippen molar-refractivity contribution in [2.75, 3.05) is 39.3 Å². The van der Waals surface area contributed by atoms with E-state index in [-0.39, 0.29) is 0 Å². The van der Waals surface area contributed by atoms with Crippen molar-refractivity contribution in [1.82, 2.24) is 9.80 Å². The van der Waals surface area contributed by atoms with E-state index in [4.69, 9.17) is 4.74 Å². The van der Waals surface area contributed by atoms with E-state index >= 15 is 0 Å². The molecule has 3 nitrogen and oxygen atoms in total. The molecule has 2 fully saturated rings. The standard InChI is InChI=1S/C21H32N2O/c1-2-11-22(10-1)14-15-24-21-8-12-23(13-9-21)17-18-6-7-19-4-3-5-20(19)16-18/h6-7,16,21H,1-5,8-15,17H2. The third kappa shape index (κ3) is 4.19. The number of benzene rings is 1. The molecule has 132 valence electrons. The lowest BCUT2D eigenvalue weighted by molar-refractivity contribution is -0.00116. The average molecular weight is 329 g/mol. The fraction of sp³-hybridized carbons (Fsp3) is 0.714. The Balaban J connectivity index is 1.17. The largest absolute Gasteiger partial charge is 0.377 e. The Hall–Kier alpha value is -0.900. The maximum atomic E-state index is 6.14. The lowest BCUT2D eigenvalue weighted by atomic mass is 10.0. The second-order valence-corrected chi connectivity index (χ2v) is 7.85. The van der Waals surface area contributed by atoms with Gasteiger partial charge in [0.25, 0.3) is 0 Å². The molecular formula is C21H32N2O. The van der Waals surface area contributed by atoms with Crippen molar-refractivity contribution >= 4 is 0 Å². The zero-order chi connectivity index (χ0) is 16.2. The molecule has 0 spiro atoms. The van der Waals surface area contributed by atoms with Gasteiger partial charge in [0.05, 0.1) is 12.7 Å². The Labute approximate surface area is 147 Å². The van der Waals surface area contributed by atoms with E-state index in [1.54, 1.807) is 11.1 Å². The molecule has 24 heavy (non-hydrogen) atoms. The van der Waals surface area contributed by atoms with Crippen LogP contribution in [-0.2, 0) is 24.1 Å². The Morgan fingerprint density at radius 3 is 2.50 bits per heavy atom. The molecule has 2 heterocycles. The van der Waals surface area contributed by atoms with Gasteiger partial charge >= 0.3 is 0 Å². The van der Waals surface area contributed by atoms with Crippen LogP contribution in [0.15, 0.2) is 18.2 Å². The van der Waals surface area contributed by atoms with E-state index in [0.717, 1.165) is 19.7 Å². The molecule has 1 aromatic carbocycles. The first kappa shape index (κ1) is 16.6. The Bertz CT molecular complexity index is 531. The highest BCUT2D eigenvalue weighted by atomic mass is 16.5. The van der Waals surface area contributed by atoms with Gasteiger partial charge in [0.2, 0.25) is 0 Å². The molecule has 2 saturated heterocycles. The number of rotatable bonds is 6. The van der Waals surface area contributed by atoms with Gasteiger partial charge in [0, 0.05) is 26.2 Å². The van der Waals surface area contributed by atoms with Crippen molar-refractivity contribution in [3.05, 3.63) is 34.9 Å². The van der Waals surface area contributed by atoms with Gasteiger partial charge in [-0.15, -0.1) is 0 Å². The molecule has 3 heteroatoms. The van der Waals surface area contributed by atoms with Crippen LogP contribution in [0.25, 0.3) is 0 Å². The highest BCUT2D eigenvalue weighted by Crippen LogP contribution is 2.24. The molecule has 0 radical (unpaired) electrons. The van der Waals surface area contributed by atoms with Gasteiger partial charge in [-0.25, -0.2) is 0 Å². The molecule has 0 aromatic heterocycles. The van der Waals surface area contributed by atoms with Crippen LogP contribution < -0.4 is 0 Å². The molecule has 2 aliphatic heterocycles. The van der Waals surface area contributed by atoms with Crippen LogP contribution in [0.5, 0.6) is 0 Å². The van der Waals surface area contributed by atoms with Gasteiger partial charge < -0.3 is 9.64 Å². The van der Waals surface area contributed by atoms with Gasteiger partial charge in [-0.2, -0.15) is 0 Å². The average Bonchev–Trinajstić information content (AvgIpc) is 3.27. The van der Waals surface area contributed by atoms with Crippen LogP contribution >= 0.6 is 0 Å². The van der Waals surface area contributed by atoms with Crippen LogP contribution in [-0.4, -0.2) is 55.2 Å². The number of fused-ring (bicyclic) bond motifs is 1. The maximum Gasteiger partial charge on any atom is 0.0600 e. The minimum absolute atomic E-state index is 0.490. The van der Waals surface area contributed by atoms with Gasteiger partial charge in [-0.1, -0.05) is 18.2 Å². The lowest BCUT2D eigenvalue weighted by Crippen LogP contribution is -2.37. The summed E-state index contributed by atoms with van der Waals surface area (Å²) in [6, 6.07) is 7.18. The third-order valence-electron chi connectivity index (χ3n) is 6.06. The van der Waals surface area contributed by atoms with Crippen molar-refractivity contribution < 1.29 is 4.74 Å². The summed E-state index contributed by atoms with van der Waals surface area (Å²) in [4.78, 5) is 5.15. The highest BCUT2D eigenvalue weighted by Gasteiger charge is 2.21. The molecule has 4 rings (SSSR count). The molecule has 0 amide bonds. The van der Waals surface area contributed by atoms with Gasteiger partial charge in [0.1, 0.15) is 0 Å². The van der Waals surface area contributed by atoms with Gasteiger partial charge in [-0.05, 0) is 74.7 Å². The second-order valence-electron chi connectivity index (χ2n) is 7.85. The van der Waals surface area contributed by atoms with Gasteiger partial charge in [-0.3, -0.25) is 4.90 Å². The fourth-order valence-electron chi connectivity index (χ4n) is 4.57. The highest BCUT2D eigenvalue weighted by molar-refractivity contribution is 5.35. The predicted octanol–water partition coefficient (Wildman–Crippen LogP) is 3.25. The molecule has 1 aromatic rings. The SMILES string of the molecule is c1cc2c(cc1CN1CCC(OCCN3CCCC3)CC1)CCC2. The van der Waals surface area contributed by atoms with E-state index in [2.05, 4.69) is 28.0 Å². The van der Waals surface area contributed by atoms with E-state index in [0.29, 0.717) is 6.10 Å². The summed E-state index contributed by atoms with van der Waals surface area (Å²) in [5.74, 6) is 0. The summed E-state index contributed by atoms with van der Waals surface area (Å²) in [6.45, 7) is 8.11. The summed E-state index contributed by atoms with van der Waals surface area (Å²) < 4.78 is 6.14. The molecule has 3 aliphatic rings. The third-order valence-corrected chi connectivity index (χ3v) is 6.06. The topological polar surface area (TPSA) is 15.7 Å². The number of ether oxygens (including phenoxy) is 1. The summed E-state index contributed by atoms with van der Waals surface area (Å²) in [5, 5.41) is 0. The van der Waals surface area contributed by atoms with Crippen molar-refractivity contribution in [3.8, 4) is 0 Å². The van der Waals surface area contributed by atoms with E-state index in [1.807, 2.05) is 0 Å². The lowest BCUT2D eigenvalue weighted by Gasteiger charge is -2.32. The first-order chi connectivity index (χ1) is 11.9. The molecule has 0 atom stereocenters. The quantitative estimate of drug-likeness (QED) is 0.797. The smallest absolute Gasteiger partial charge is 0.0600 e. The van der Waals surface area contributed by atoms with Crippen molar-refractivity contribution in [2.24, 2.45) is 0 Å². The number of aryl methyl sites for hydroxylation is 2. The molecule has 1 aliphatic carbocycles. The van der Waals surface area contributed by atoms with Crippen molar-refractivity contribution in [2.45, 2.75) is 57.6 Å². The number of piperidine rings is 1. The van der Waals surface area contributed by atoms with Crippen LogP contribution in [0.4, 0.5) is 0 Å². The van der Waals surface area contributed by atoms with Crippen molar-refractivity contribution in [3.63, 3.8) is 0 Å². The Kier molecular flexibility index (Phi) is 5.51. The summed E-state index contributed by atoms with van der Waals surface area (Å²) in [5.41, 5.74) is 4.69. The fourth-order valence-corrected chi connectivity index (χ4v) is 4.57.